The van der Waals surface area contributed by atoms with Crippen molar-refractivity contribution in [1.82, 2.24) is 14.5 Å². The number of nitrogens with zero attached hydrogens (tertiary/aromatic N) is 4. The smallest absolute Gasteiger partial charge is 0.160 e. The van der Waals surface area contributed by atoms with Gasteiger partial charge in [-0.25, -0.2) is 9.97 Å². The second-order valence-electron chi connectivity index (χ2n) is 15.0. The fraction of sp³-hybridized carbons (Fsp3) is 0. The second-order valence-corrected chi connectivity index (χ2v) is 15.0. The zero-order valence-corrected chi connectivity index (χ0v) is 31.8. The Hall–Kier alpha value is -8.02. The Kier molecular flexibility index (Phi) is 7.47. The molecule has 0 radical (unpaired) electrons. The Balaban J connectivity index is 1.00. The van der Waals surface area contributed by atoms with Gasteiger partial charge in [0.25, 0.3) is 0 Å². The summed E-state index contributed by atoms with van der Waals surface area (Å²) >= 11 is 0. The van der Waals surface area contributed by atoms with Crippen LogP contribution in [0.2, 0.25) is 0 Å². The lowest BCUT2D eigenvalue weighted by Crippen LogP contribution is -2.15. The fourth-order valence-electron chi connectivity index (χ4n) is 8.82. The Morgan fingerprint density at radius 3 is 1.92 bits per heavy atom. The first-order valence-corrected chi connectivity index (χ1v) is 19.9. The van der Waals surface area contributed by atoms with Gasteiger partial charge in [0.15, 0.2) is 17.3 Å². The number of hydrogen-bond donors (Lipinski definition) is 0. The van der Waals surface area contributed by atoms with Gasteiger partial charge in [-0.3, -0.25) is 0 Å². The van der Waals surface area contributed by atoms with Crippen molar-refractivity contribution in [2.24, 2.45) is 0 Å². The van der Waals surface area contributed by atoms with E-state index in [0.717, 1.165) is 84.1 Å². The topological polar surface area (TPSA) is 43.2 Å². The van der Waals surface area contributed by atoms with Gasteiger partial charge in [0.05, 0.1) is 33.6 Å². The second kappa shape index (κ2) is 13.3. The molecular formula is C54H34N4O. The van der Waals surface area contributed by atoms with E-state index in [1.165, 1.54) is 21.5 Å². The largest absolute Gasteiger partial charge is 0.453 e. The van der Waals surface area contributed by atoms with Crippen LogP contribution in [0, 0.1) is 0 Å². The molecule has 5 heteroatoms. The number of anilines is 3. The van der Waals surface area contributed by atoms with Gasteiger partial charge in [-0.05, 0) is 107 Å². The van der Waals surface area contributed by atoms with Gasteiger partial charge in [0.1, 0.15) is 0 Å². The third kappa shape index (κ3) is 5.40. The van der Waals surface area contributed by atoms with Gasteiger partial charge in [-0.2, -0.15) is 0 Å². The van der Waals surface area contributed by atoms with Crippen LogP contribution in [0.5, 0.6) is 11.5 Å². The van der Waals surface area contributed by atoms with Crippen molar-refractivity contribution < 1.29 is 4.74 Å². The minimum Gasteiger partial charge on any atom is -0.453 e. The van der Waals surface area contributed by atoms with E-state index < -0.39 is 0 Å². The van der Waals surface area contributed by atoms with Crippen LogP contribution in [0.25, 0.3) is 82.9 Å². The maximum atomic E-state index is 6.48. The molecule has 0 bridgehead atoms. The SMILES string of the molecule is c1ccc(-c2nc(-c3ccc(-n4c5ccc(-c6ccc7c(c6)N(c6ccccc6)c6ccccc6O7)cc5c5c6ccccc6ccc54)cc3)nc3ccccc23)cc1. The summed E-state index contributed by atoms with van der Waals surface area (Å²) in [6, 6.07) is 72.6. The van der Waals surface area contributed by atoms with E-state index >= 15 is 0 Å². The van der Waals surface area contributed by atoms with Gasteiger partial charge in [-0.1, -0.05) is 121 Å². The molecule has 0 saturated carbocycles. The number of benzene rings is 9. The van der Waals surface area contributed by atoms with Crippen LogP contribution < -0.4 is 9.64 Å². The molecule has 0 fully saturated rings. The summed E-state index contributed by atoms with van der Waals surface area (Å²) < 4.78 is 8.86. The average molecular weight is 755 g/mol. The Morgan fingerprint density at radius 2 is 1.05 bits per heavy atom. The molecule has 0 spiro atoms. The third-order valence-electron chi connectivity index (χ3n) is 11.6. The van der Waals surface area contributed by atoms with Crippen molar-refractivity contribution in [2.75, 3.05) is 4.90 Å². The van der Waals surface area contributed by atoms with Crippen molar-refractivity contribution in [3.05, 3.63) is 206 Å². The molecule has 0 saturated heterocycles. The number of ether oxygens (including phenoxy) is 1. The van der Waals surface area contributed by atoms with E-state index in [1.807, 2.05) is 30.3 Å². The minimum absolute atomic E-state index is 0.705. The lowest BCUT2D eigenvalue weighted by molar-refractivity contribution is 0.477. The molecular weight excluding hydrogens is 721 g/mol. The van der Waals surface area contributed by atoms with E-state index in [2.05, 4.69) is 185 Å². The highest BCUT2D eigenvalue weighted by molar-refractivity contribution is 6.22. The maximum absolute atomic E-state index is 6.48. The molecule has 5 nitrogen and oxygen atoms in total. The van der Waals surface area contributed by atoms with Crippen molar-refractivity contribution >= 4 is 60.5 Å². The third-order valence-corrected chi connectivity index (χ3v) is 11.6. The van der Waals surface area contributed by atoms with Gasteiger partial charge in [-0.15, -0.1) is 0 Å². The number of rotatable bonds is 5. The lowest BCUT2D eigenvalue weighted by Gasteiger charge is -2.33. The quantitative estimate of drug-likeness (QED) is 0.175. The molecule has 3 heterocycles. The van der Waals surface area contributed by atoms with Crippen LogP contribution >= 0.6 is 0 Å². The van der Waals surface area contributed by atoms with Crippen LogP contribution in [0.15, 0.2) is 206 Å². The number of hydrogen-bond acceptors (Lipinski definition) is 4. The molecule has 2 aromatic heterocycles. The summed E-state index contributed by atoms with van der Waals surface area (Å²) in [5.74, 6) is 2.37. The van der Waals surface area contributed by atoms with Crippen molar-refractivity contribution in [1.29, 1.82) is 0 Å². The van der Waals surface area contributed by atoms with Crippen LogP contribution in [-0.4, -0.2) is 14.5 Å². The highest BCUT2D eigenvalue weighted by Gasteiger charge is 2.26. The molecule has 0 unspecified atom stereocenters. The minimum atomic E-state index is 0.705. The standard InChI is InChI=1S/C54H34N4O/c1-3-14-36(15-4-1)53-43-19-9-10-20-45(43)55-54(56-53)37-23-28-41(29-24-37)57-46-30-26-38(33-44(46)52-42-18-8-7-13-35(42)25-31-48(52)57)39-27-32-51-49(34-39)58(40-16-5-2-6-17-40)47-21-11-12-22-50(47)59-51/h1-34H. The summed E-state index contributed by atoms with van der Waals surface area (Å²) in [6.45, 7) is 0. The van der Waals surface area contributed by atoms with E-state index in [-0.39, 0.29) is 0 Å². The van der Waals surface area contributed by atoms with E-state index in [0.29, 0.717) is 5.82 Å². The average Bonchev–Trinajstić information content (AvgIpc) is 3.65. The van der Waals surface area contributed by atoms with Crippen molar-refractivity contribution in [3.63, 3.8) is 0 Å². The van der Waals surface area contributed by atoms with Gasteiger partial charge >= 0.3 is 0 Å². The van der Waals surface area contributed by atoms with Crippen molar-refractivity contribution in [3.8, 4) is 51.0 Å². The summed E-state index contributed by atoms with van der Waals surface area (Å²) in [6.07, 6.45) is 0. The van der Waals surface area contributed by atoms with E-state index in [1.54, 1.807) is 0 Å². The Labute approximate surface area is 340 Å². The molecule has 1 aliphatic rings. The molecule has 9 aromatic carbocycles. The maximum Gasteiger partial charge on any atom is 0.160 e. The first kappa shape index (κ1) is 33.2. The Bertz CT molecular complexity index is 3410. The molecule has 0 amide bonds. The number of para-hydroxylation sites is 4. The summed E-state index contributed by atoms with van der Waals surface area (Å²) in [5.41, 5.74) is 12.6. The summed E-state index contributed by atoms with van der Waals surface area (Å²) in [7, 11) is 0. The number of aromatic nitrogens is 3. The van der Waals surface area contributed by atoms with Gasteiger partial charge in [0.2, 0.25) is 0 Å². The molecule has 0 N–H and O–H groups in total. The van der Waals surface area contributed by atoms with Crippen molar-refractivity contribution in [2.45, 2.75) is 0 Å². The molecule has 0 aliphatic carbocycles. The van der Waals surface area contributed by atoms with Crippen LogP contribution in [0.4, 0.5) is 17.1 Å². The van der Waals surface area contributed by atoms with Crippen LogP contribution in [-0.2, 0) is 0 Å². The van der Waals surface area contributed by atoms with Crippen LogP contribution in [0.3, 0.4) is 0 Å². The monoisotopic (exact) mass is 754 g/mol. The first-order valence-electron chi connectivity index (χ1n) is 19.9. The summed E-state index contributed by atoms with van der Waals surface area (Å²) in [4.78, 5) is 12.5. The van der Waals surface area contributed by atoms with E-state index in [9.17, 15) is 0 Å². The molecule has 0 atom stereocenters. The highest BCUT2D eigenvalue weighted by Crippen LogP contribution is 2.51. The Morgan fingerprint density at radius 1 is 0.390 bits per heavy atom. The fourth-order valence-corrected chi connectivity index (χ4v) is 8.82. The predicted molar refractivity (Wildman–Crippen MR) is 242 cm³/mol. The zero-order valence-electron chi connectivity index (χ0n) is 31.8. The highest BCUT2D eigenvalue weighted by atomic mass is 16.5. The predicted octanol–water partition coefficient (Wildman–Crippen LogP) is 14.5. The molecule has 59 heavy (non-hydrogen) atoms. The van der Waals surface area contributed by atoms with E-state index in [4.69, 9.17) is 14.7 Å². The van der Waals surface area contributed by atoms with Gasteiger partial charge in [0, 0.05) is 38.7 Å². The summed E-state index contributed by atoms with van der Waals surface area (Å²) in [5, 5.41) is 5.91. The molecule has 12 rings (SSSR count). The molecule has 1 aliphatic heterocycles. The number of fused-ring (bicyclic) bond motifs is 8. The van der Waals surface area contributed by atoms with Gasteiger partial charge < -0.3 is 14.2 Å². The first-order chi connectivity index (χ1) is 29.2. The lowest BCUT2D eigenvalue weighted by atomic mass is 9.99. The molecule has 11 aromatic rings. The molecule has 276 valence electrons. The normalized spacial score (nSPS) is 12.2. The zero-order chi connectivity index (χ0) is 38.9. The van der Waals surface area contributed by atoms with Crippen LogP contribution in [0.1, 0.15) is 0 Å².